The van der Waals surface area contributed by atoms with Crippen LogP contribution < -0.4 is 5.73 Å². The molecule has 1 aromatic rings. The van der Waals surface area contributed by atoms with Crippen molar-refractivity contribution >= 4 is 17.3 Å². The summed E-state index contributed by atoms with van der Waals surface area (Å²) in [5.74, 6) is 0. The quantitative estimate of drug-likeness (QED) is 0.652. The topological polar surface area (TPSA) is 26.0 Å². The summed E-state index contributed by atoms with van der Waals surface area (Å²) in [4.78, 5) is 0. The lowest BCUT2D eigenvalue weighted by atomic mass is 10.1. The number of nitrogens with two attached hydrogens (primary N) is 1. The predicted octanol–water partition coefficient (Wildman–Crippen LogP) is 3.25. The SMILES string of the molecule is Cc1cc(Cl)c(C(F)(F)F)cc1N. The summed E-state index contributed by atoms with van der Waals surface area (Å²) in [6, 6.07) is 2.05. The molecule has 13 heavy (non-hydrogen) atoms. The zero-order valence-corrected chi connectivity index (χ0v) is 7.50. The van der Waals surface area contributed by atoms with Gasteiger partial charge in [-0.25, -0.2) is 0 Å². The van der Waals surface area contributed by atoms with Crippen molar-refractivity contribution in [3.8, 4) is 0 Å². The van der Waals surface area contributed by atoms with Gasteiger partial charge in [0.2, 0.25) is 0 Å². The molecule has 0 aliphatic carbocycles. The first kappa shape index (κ1) is 10.2. The zero-order chi connectivity index (χ0) is 10.2. The molecule has 72 valence electrons. The number of rotatable bonds is 0. The molecule has 0 heterocycles. The van der Waals surface area contributed by atoms with Crippen LogP contribution in [0.1, 0.15) is 11.1 Å². The third-order valence-electron chi connectivity index (χ3n) is 1.66. The number of aryl methyl sites for hydroxylation is 1. The Hall–Kier alpha value is -0.900. The smallest absolute Gasteiger partial charge is 0.399 e. The van der Waals surface area contributed by atoms with E-state index in [2.05, 4.69) is 0 Å². The molecule has 0 atom stereocenters. The van der Waals surface area contributed by atoms with Crippen molar-refractivity contribution in [2.24, 2.45) is 0 Å². The highest BCUT2D eigenvalue weighted by molar-refractivity contribution is 6.31. The van der Waals surface area contributed by atoms with Crippen LogP contribution in [0, 0.1) is 6.92 Å². The Morgan fingerprint density at radius 3 is 2.31 bits per heavy atom. The standard InChI is InChI=1S/C8H7ClF3N/c1-4-2-6(9)5(3-7(4)13)8(10,11)12/h2-3H,13H2,1H3. The Balaban J connectivity index is 3.32. The van der Waals surface area contributed by atoms with Crippen LogP contribution >= 0.6 is 11.6 Å². The van der Waals surface area contributed by atoms with E-state index in [1.54, 1.807) is 6.92 Å². The molecule has 0 unspecified atom stereocenters. The van der Waals surface area contributed by atoms with Crippen LogP contribution in [0.25, 0.3) is 0 Å². The summed E-state index contributed by atoms with van der Waals surface area (Å²) in [5.41, 5.74) is 5.07. The van der Waals surface area contributed by atoms with Crippen LogP contribution in [0.5, 0.6) is 0 Å². The highest BCUT2D eigenvalue weighted by Crippen LogP contribution is 2.36. The van der Waals surface area contributed by atoms with Crippen molar-refractivity contribution in [3.05, 3.63) is 28.3 Å². The normalized spacial score (nSPS) is 11.8. The molecule has 5 heteroatoms. The molecule has 0 aliphatic heterocycles. The largest absolute Gasteiger partial charge is 0.417 e. The number of hydrogen-bond donors (Lipinski definition) is 1. The van der Waals surface area contributed by atoms with E-state index in [0.29, 0.717) is 5.56 Å². The van der Waals surface area contributed by atoms with E-state index >= 15 is 0 Å². The first-order valence-corrected chi connectivity index (χ1v) is 3.83. The van der Waals surface area contributed by atoms with Crippen molar-refractivity contribution < 1.29 is 13.2 Å². The monoisotopic (exact) mass is 209 g/mol. The molecule has 0 fully saturated rings. The highest BCUT2D eigenvalue weighted by Gasteiger charge is 2.33. The van der Waals surface area contributed by atoms with Gasteiger partial charge in [-0.1, -0.05) is 11.6 Å². The minimum absolute atomic E-state index is 0.0942. The van der Waals surface area contributed by atoms with Gasteiger partial charge < -0.3 is 5.73 Å². The molecule has 0 aliphatic rings. The molecule has 1 rings (SSSR count). The summed E-state index contributed by atoms with van der Waals surface area (Å²) < 4.78 is 36.7. The van der Waals surface area contributed by atoms with E-state index in [-0.39, 0.29) is 10.7 Å². The highest BCUT2D eigenvalue weighted by atomic mass is 35.5. The Labute approximate surface area is 78.3 Å². The Morgan fingerprint density at radius 1 is 1.31 bits per heavy atom. The molecule has 0 spiro atoms. The maximum atomic E-state index is 12.2. The fourth-order valence-electron chi connectivity index (χ4n) is 0.907. The average Bonchev–Trinajstić information content (AvgIpc) is 1.94. The third kappa shape index (κ3) is 2.06. The summed E-state index contributed by atoms with van der Waals surface area (Å²) in [5, 5.41) is -0.320. The van der Waals surface area contributed by atoms with E-state index in [9.17, 15) is 13.2 Å². The molecule has 2 N–H and O–H groups in total. The van der Waals surface area contributed by atoms with Crippen LogP contribution in [0.15, 0.2) is 12.1 Å². The van der Waals surface area contributed by atoms with E-state index in [0.717, 1.165) is 6.07 Å². The predicted molar refractivity (Wildman–Crippen MR) is 45.6 cm³/mol. The third-order valence-corrected chi connectivity index (χ3v) is 1.97. The number of benzene rings is 1. The molecular formula is C8H7ClF3N. The molecule has 1 aromatic carbocycles. The van der Waals surface area contributed by atoms with Crippen LogP contribution in [0.3, 0.4) is 0 Å². The van der Waals surface area contributed by atoms with Crippen molar-refractivity contribution in [1.82, 2.24) is 0 Å². The molecule has 0 saturated carbocycles. The van der Waals surface area contributed by atoms with Crippen LogP contribution in [-0.2, 0) is 6.18 Å². The number of alkyl halides is 3. The van der Waals surface area contributed by atoms with Gasteiger partial charge in [-0.2, -0.15) is 13.2 Å². The molecule has 1 nitrogen and oxygen atoms in total. The molecule has 0 saturated heterocycles. The number of anilines is 1. The van der Waals surface area contributed by atoms with Gasteiger partial charge in [-0.15, -0.1) is 0 Å². The molecule has 0 bridgehead atoms. The van der Waals surface area contributed by atoms with Gasteiger partial charge in [0.05, 0.1) is 10.6 Å². The fourth-order valence-corrected chi connectivity index (χ4v) is 1.23. The summed E-state index contributed by atoms with van der Waals surface area (Å²) >= 11 is 5.41. The number of halogens is 4. The first-order chi connectivity index (χ1) is 5.82. The van der Waals surface area contributed by atoms with Crippen molar-refractivity contribution in [1.29, 1.82) is 0 Å². The lowest BCUT2D eigenvalue weighted by Gasteiger charge is -2.10. The Morgan fingerprint density at radius 2 is 1.85 bits per heavy atom. The van der Waals surface area contributed by atoms with E-state index in [1.807, 2.05) is 0 Å². The van der Waals surface area contributed by atoms with Gasteiger partial charge in [0, 0.05) is 5.69 Å². The molecule has 0 aromatic heterocycles. The lowest BCUT2D eigenvalue weighted by Crippen LogP contribution is -2.07. The minimum atomic E-state index is -4.45. The van der Waals surface area contributed by atoms with E-state index in [1.165, 1.54) is 6.07 Å². The van der Waals surface area contributed by atoms with Crippen LogP contribution in [0.2, 0.25) is 5.02 Å². The Bertz CT molecular complexity index is 333. The molecular weight excluding hydrogens is 203 g/mol. The van der Waals surface area contributed by atoms with Crippen molar-refractivity contribution in [2.75, 3.05) is 5.73 Å². The van der Waals surface area contributed by atoms with Crippen LogP contribution in [-0.4, -0.2) is 0 Å². The summed E-state index contributed by atoms with van der Waals surface area (Å²) in [7, 11) is 0. The van der Waals surface area contributed by atoms with Crippen LogP contribution in [0.4, 0.5) is 18.9 Å². The van der Waals surface area contributed by atoms with Gasteiger partial charge in [-0.3, -0.25) is 0 Å². The zero-order valence-electron chi connectivity index (χ0n) is 6.74. The molecule has 0 radical (unpaired) electrons. The maximum Gasteiger partial charge on any atom is 0.417 e. The maximum absolute atomic E-state index is 12.2. The second kappa shape index (κ2) is 3.10. The van der Waals surface area contributed by atoms with Gasteiger partial charge in [0.25, 0.3) is 0 Å². The average molecular weight is 210 g/mol. The number of nitrogen functional groups attached to an aromatic ring is 1. The van der Waals surface area contributed by atoms with Gasteiger partial charge in [0.1, 0.15) is 0 Å². The van der Waals surface area contributed by atoms with Crippen molar-refractivity contribution in [2.45, 2.75) is 13.1 Å². The molecule has 0 amide bonds. The Kier molecular flexibility index (Phi) is 2.43. The summed E-state index contributed by atoms with van der Waals surface area (Å²) in [6.07, 6.45) is -4.45. The fraction of sp³-hybridized carbons (Fsp3) is 0.250. The second-order valence-electron chi connectivity index (χ2n) is 2.69. The van der Waals surface area contributed by atoms with Crippen molar-refractivity contribution in [3.63, 3.8) is 0 Å². The number of hydrogen-bond acceptors (Lipinski definition) is 1. The van der Waals surface area contributed by atoms with E-state index < -0.39 is 11.7 Å². The van der Waals surface area contributed by atoms with Gasteiger partial charge in [-0.05, 0) is 24.6 Å². The van der Waals surface area contributed by atoms with Gasteiger partial charge in [0.15, 0.2) is 0 Å². The summed E-state index contributed by atoms with van der Waals surface area (Å²) in [6.45, 7) is 1.60. The van der Waals surface area contributed by atoms with E-state index in [4.69, 9.17) is 17.3 Å². The second-order valence-corrected chi connectivity index (χ2v) is 3.09. The minimum Gasteiger partial charge on any atom is -0.399 e. The first-order valence-electron chi connectivity index (χ1n) is 3.45. The van der Waals surface area contributed by atoms with Gasteiger partial charge >= 0.3 is 6.18 Å². The lowest BCUT2D eigenvalue weighted by molar-refractivity contribution is -0.137.